The smallest absolute Gasteiger partial charge is 0.120 e. The van der Waals surface area contributed by atoms with Crippen LogP contribution in [0.5, 0.6) is 0 Å². The van der Waals surface area contributed by atoms with E-state index in [2.05, 4.69) is 121 Å². The molecule has 0 fully saturated rings. The fraction of sp³-hybridized carbons (Fsp3) is 0.696. The molecule has 2 heterocycles. The Morgan fingerprint density at radius 3 is 1.03 bits per heavy atom. The molecule has 0 aliphatic heterocycles. The summed E-state index contributed by atoms with van der Waals surface area (Å²) in [7, 11) is 0. The monoisotopic (exact) mass is 477 g/mol. The van der Waals surface area contributed by atoms with Crippen molar-refractivity contribution in [2.45, 2.75) is 107 Å². The van der Waals surface area contributed by atoms with Crippen LogP contribution in [0.2, 0.25) is 0 Å². The van der Waals surface area contributed by atoms with Crippen LogP contribution in [0.4, 0.5) is 0 Å². The van der Waals surface area contributed by atoms with Crippen molar-refractivity contribution in [2.24, 2.45) is 0 Å². The Kier molecular flexibility index (Phi) is 17.5. The summed E-state index contributed by atoms with van der Waals surface area (Å²) >= 11 is 0. The third kappa shape index (κ3) is 9.11. The molecule has 0 amide bonds. The van der Waals surface area contributed by atoms with Gasteiger partial charge in [-0.2, -0.15) is 0 Å². The van der Waals surface area contributed by atoms with Gasteiger partial charge in [0.25, 0.3) is 0 Å². The van der Waals surface area contributed by atoms with E-state index < -0.39 is 0 Å². The summed E-state index contributed by atoms with van der Waals surface area (Å²) in [6, 6.07) is 2.00. The molecule has 178 valence electrons. The van der Waals surface area contributed by atoms with Crippen LogP contribution in [0, 0.1) is 51.9 Å². The quantitative estimate of drug-likeness (QED) is 0.369. The summed E-state index contributed by atoms with van der Waals surface area (Å²) < 4.78 is 16.3. The van der Waals surface area contributed by atoms with Gasteiger partial charge in [-0.05, 0) is 78.2 Å². The molecule has 0 aliphatic rings. The van der Waals surface area contributed by atoms with Crippen molar-refractivity contribution in [3.8, 4) is 0 Å². The van der Waals surface area contributed by atoms with Gasteiger partial charge >= 0.3 is 11.3 Å². The fourth-order valence-corrected chi connectivity index (χ4v) is 3.24. The summed E-state index contributed by atoms with van der Waals surface area (Å²) in [5.41, 5.74) is 11.0. The maximum Gasteiger partial charge on any atom is 0.120 e. The second-order valence-electron chi connectivity index (χ2n) is 8.40. The molecule has 2 aromatic heterocycles. The van der Waals surface area contributed by atoms with Crippen molar-refractivity contribution in [1.82, 2.24) is 14.7 Å². The minimum Gasteiger partial charge on any atom is -0.120 e. The maximum atomic E-state index is 7.50. The molecule has 0 saturated carbocycles. The molecule has 0 spiro atoms. The topological polar surface area (TPSA) is 76.9 Å². The molecule has 0 aliphatic carbocycles. The van der Waals surface area contributed by atoms with Gasteiger partial charge in [0.1, 0.15) is 5.59 Å². The summed E-state index contributed by atoms with van der Waals surface area (Å²) in [6.45, 7) is 30.6. The van der Waals surface area contributed by atoms with Crippen molar-refractivity contribution in [3.63, 3.8) is 0 Å². The van der Waals surface area contributed by atoms with Crippen LogP contribution in [-0.4, -0.2) is 9.13 Å². The number of rotatable bonds is 4. The van der Waals surface area contributed by atoms with Gasteiger partial charge in [0.05, 0.1) is 24.2 Å². The van der Waals surface area contributed by atoms with Crippen LogP contribution < -0.4 is 14.7 Å². The molecular formula is C23H40CoN5O2. The van der Waals surface area contributed by atoms with Gasteiger partial charge in [-0.3, -0.25) is 0 Å². The van der Waals surface area contributed by atoms with Crippen molar-refractivity contribution in [2.75, 3.05) is 0 Å². The average molecular weight is 478 g/mol. The number of nitroso groups, excluding NO2 is 1. The Balaban J connectivity index is -0.000000424. The zero-order valence-corrected chi connectivity index (χ0v) is 22.2. The standard InChI is InChI=1S/2C11H20N2.CO.Co.NO/c2*1-8(2)12-7-13(9(3)4)11(6)10(12)5;1-2;;1-2/h2*8-9H,1-6H3;;;. The van der Waals surface area contributed by atoms with Gasteiger partial charge in [0.2, 0.25) is 12.7 Å². The van der Waals surface area contributed by atoms with E-state index in [1.807, 2.05) is 0 Å². The first kappa shape index (κ1) is 33.9. The van der Waals surface area contributed by atoms with E-state index in [1.54, 1.807) is 0 Å². The Labute approximate surface area is 199 Å². The van der Waals surface area contributed by atoms with Crippen molar-refractivity contribution < 1.29 is 30.6 Å². The molecule has 0 N–H and O–H groups in total. The number of nitrogens with zero attached hydrogens (tertiary/aromatic N) is 5. The van der Waals surface area contributed by atoms with Gasteiger partial charge in [0.15, 0.2) is 0 Å². The molecule has 2 rings (SSSR count). The first-order chi connectivity index (χ1) is 13.9. The zero-order valence-electron chi connectivity index (χ0n) is 21.2. The molecule has 0 bridgehead atoms. The summed E-state index contributed by atoms with van der Waals surface area (Å²) in [4.78, 5) is 7.25. The minimum absolute atomic E-state index is 0. The Morgan fingerprint density at radius 2 is 0.935 bits per heavy atom. The molecule has 0 unspecified atom stereocenters. The SMILES string of the molecule is Cc1c(C)[n+](C(C)C)[c-]n1C(C)C.Cc1c(C)[n+](C(C)C)[c-]n1C(C)C.[C-]#[O+].[Co].[N]=O. The Hall–Kier alpha value is -1.73. The molecule has 0 atom stereocenters. The van der Waals surface area contributed by atoms with Gasteiger partial charge in [0, 0.05) is 16.8 Å². The molecular weight excluding hydrogens is 437 g/mol. The molecule has 8 heteroatoms. The average Bonchev–Trinajstić information content (AvgIpc) is 3.16. The summed E-state index contributed by atoms with van der Waals surface area (Å²) in [6.07, 6.45) is 6.76. The van der Waals surface area contributed by atoms with Crippen molar-refractivity contribution in [1.29, 1.82) is 0 Å². The Morgan fingerprint density at radius 1 is 0.710 bits per heavy atom. The van der Waals surface area contributed by atoms with Crippen molar-refractivity contribution in [3.05, 3.63) is 47.0 Å². The number of hydrogen-bond acceptors (Lipinski definition) is 1. The number of hydrogen-bond donors (Lipinski definition) is 0. The van der Waals surface area contributed by atoms with Crippen LogP contribution >= 0.6 is 0 Å². The predicted molar refractivity (Wildman–Crippen MR) is 117 cm³/mol. The largest absolute Gasteiger partial charge is 0.120 e. The predicted octanol–water partition coefficient (Wildman–Crippen LogP) is 4.22. The van der Waals surface area contributed by atoms with Crippen LogP contribution in [0.25, 0.3) is 0 Å². The van der Waals surface area contributed by atoms with Crippen molar-refractivity contribution >= 4 is 0 Å². The molecule has 2 radical (unpaired) electrons. The number of imidazole rings is 2. The van der Waals surface area contributed by atoms with E-state index >= 15 is 0 Å². The zero-order chi connectivity index (χ0) is 24.3. The van der Waals surface area contributed by atoms with Crippen LogP contribution in [0.1, 0.15) is 102 Å². The maximum absolute atomic E-state index is 7.50. The number of aromatic nitrogens is 4. The molecule has 31 heavy (non-hydrogen) atoms. The first-order valence-corrected chi connectivity index (χ1v) is 10.3. The van der Waals surface area contributed by atoms with E-state index in [9.17, 15) is 0 Å². The van der Waals surface area contributed by atoms with Crippen LogP contribution in [-0.2, 0) is 21.4 Å². The van der Waals surface area contributed by atoms with Gasteiger partial charge in [-0.25, -0.2) is 0 Å². The molecule has 0 aromatic carbocycles. The third-order valence-corrected chi connectivity index (χ3v) is 4.99. The normalized spacial score (nSPS) is 10.0. The van der Waals surface area contributed by atoms with E-state index in [-0.39, 0.29) is 16.8 Å². The minimum atomic E-state index is 0. The first-order valence-electron chi connectivity index (χ1n) is 10.3. The second-order valence-corrected chi connectivity index (χ2v) is 8.40. The summed E-state index contributed by atoms with van der Waals surface area (Å²) in [5.74, 6) is 0. The third-order valence-electron chi connectivity index (χ3n) is 4.99. The van der Waals surface area contributed by atoms with E-state index in [0.29, 0.717) is 24.2 Å². The summed E-state index contributed by atoms with van der Waals surface area (Å²) in [5, 5.41) is 0. The van der Waals surface area contributed by atoms with E-state index in [1.165, 1.54) is 22.8 Å². The van der Waals surface area contributed by atoms with Crippen LogP contribution in [0.15, 0.2) is 0 Å². The molecule has 7 nitrogen and oxygen atoms in total. The second kappa shape index (κ2) is 16.0. The van der Waals surface area contributed by atoms with Gasteiger partial charge in [-0.1, -0.05) is 27.7 Å². The van der Waals surface area contributed by atoms with Gasteiger partial charge < -0.3 is 18.3 Å². The van der Waals surface area contributed by atoms with Gasteiger partial charge in [-0.15, -0.1) is 4.91 Å². The van der Waals surface area contributed by atoms with Crippen LogP contribution in [0.3, 0.4) is 0 Å². The Bertz CT molecular complexity index is 670. The fourth-order valence-electron chi connectivity index (χ4n) is 3.24. The molecule has 0 saturated heterocycles. The van der Waals surface area contributed by atoms with E-state index in [4.69, 9.17) is 15.2 Å². The van der Waals surface area contributed by atoms with E-state index in [0.717, 1.165) is 0 Å². The molecule has 2 aromatic rings.